The Balaban J connectivity index is 0.924. The van der Waals surface area contributed by atoms with E-state index < -0.39 is 0 Å². The molecule has 2 heteroatoms. The third kappa shape index (κ3) is 6.91. The zero-order valence-electron chi connectivity index (χ0n) is 35.0. The van der Waals surface area contributed by atoms with Gasteiger partial charge in [-0.2, -0.15) is 0 Å². The van der Waals surface area contributed by atoms with Crippen LogP contribution >= 0.6 is 11.3 Å². The standard InChI is InChI=1S/C62H41NS/c1-2-13-48-40-51(28-25-42(48)11-1)50-16-9-15-49(39-50)45-31-36-54(37-32-45)63(60-21-7-5-18-57(60)52-33-38-62-59(41-52)58-19-6-8-22-61(58)64-62)53-34-29-44(30-35-53)43-23-26-47(27-24-43)56-20-10-14-46-12-3-4-17-55(46)56/h1-41H. The Morgan fingerprint density at radius 1 is 0.250 bits per heavy atom. The van der Waals surface area contributed by atoms with Gasteiger partial charge in [-0.05, 0) is 132 Å². The lowest BCUT2D eigenvalue weighted by atomic mass is 9.96. The first-order chi connectivity index (χ1) is 31.7. The minimum atomic E-state index is 1.09. The van der Waals surface area contributed by atoms with Gasteiger partial charge in [0.1, 0.15) is 0 Å². The fourth-order valence-corrected chi connectivity index (χ4v) is 10.5. The third-order valence-corrected chi connectivity index (χ3v) is 13.8. The van der Waals surface area contributed by atoms with Crippen molar-refractivity contribution in [2.75, 3.05) is 4.90 Å². The molecule has 0 spiro atoms. The van der Waals surface area contributed by atoms with E-state index in [1.165, 1.54) is 97.4 Å². The number of fused-ring (bicyclic) bond motifs is 5. The van der Waals surface area contributed by atoms with Crippen molar-refractivity contribution in [3.8, 4) is 55.6 Å². The van der Waals surface area contributed by atoms with Crippen molar-refractivity contribution in [1.29, 1.82) is 0 Å². The van der Waals surface area contributed by atoms with Gasteiger partial charge < -0.3 is 4.90 Å². The number of hydrogen-bond donors (Lipinski definition) is 0. The smallest absolute Gasteiger partial charge is 0.0540 e. The Hall–Kier alpha value is -8.04. The average Bonchev–Trinajstić information content (AvgIpc) is 3.75. The molecule has 11 aromatic carbocycles. The summed E-state index contributed by atoms with van der Waals surface area (Å²) in [5.41, 5.74) is 15.3. The Bertz CT molecular complexity index is 3650. The number of hydrogen-bond acceptors (Lipinski definition) is 2. The third-order valence-electron chi connectivity index (χ3n) is 12.7. The Labute approximate surface area is 377 Å². The Kier molecular flexibility index (Phi) is 9.43. The lowest BCUT2D eigenvalue weighted by Gasteiger charge is -2.28. The molecule has 0 aliphatic carbocycles. The van der Waals surface area contributed by atoms with E-state index in [9.17, 15) is 0 Å². The maximum atomic E-state index is 2.41. The highest BCUT2D eigenvalue weighted by atomic mass is 32.1. The minimum Gasteiger partial charge on any atom is -0.310 e. The van der Waals surface area contributed by atoms with Crippen molar-refractivity contribution in [3.63, 3.8) is 0 Å². The van der Waals surface area contributed by atoms with Gasteiger partial charge >= 0.3 is 0 Å². The van der Waals surface area contributed by atoms with Gasteiger partial charge in [-0.1, -0.05) is 188 Å². The molecule has 0 atom stereocenters. The lowest BCUT2D eigenvalue weighted by Crippen LogP contribution is -2.11. The van der Waals surface area contributed by atoms with Crippen molar-refractivity contribution < 1.29 is 0 Å². The molecular weight excluding hydrogens is 791 g/mol. The van der Waals surface area contributed by atoms with Crippen molar-refractivity contribution in [2.45, 2.75) is 0 Å². The van der Waals surface area contributed by atoms with E-state index in [1.807, 2.05) is 11.3 Å². The highest BCUT2D eigenvalue weighted by molar-refractivity contribution is 7.25. The van der Waals surface area contributed by atoms with Gasteiger partial charge in [0, 0.05) is 37.1 Å². The summed E-state index contributed by atoms with van der Waals surface area (Å²) in [6.45, 7) is 0. The monoisotopic (exact) mass is 831 g/mol. The molecule has 0 unspecified atom stereocenters. The molecule has 0 bridgehead atoms. The SMILES string of the molecule is c1cc(-c2ccc(N(c3ccc(-c4ccc(-c5cccc6ccccc56)cc4)cc3)c3ccccc3-c3ccc4sc5ccccc5c4c3)cc2)cc(-c2ccc3ccccc3c2)c1. The summed E-state index contributed by atoms with van der Waals surface area (Å²) in [7, 11) is 0. The van der Waals surface area contributed by atoms with Crippen LogP contribution in [0.15, 0.2) is 249 Å². The lowest BCUT2D eigenvalue weighted by molar-refractivity contribution is 1.28. The van der Waals surface area contributed by atoms with Crippen molar-refractivity contribution >= 4 is 70.1 Å². The van der Waals surface area contributed by atoms with E-state index in [-0.39, 0.29) is 0 Å². The molecule has 300 valence electrons. The van der Waals surface area contributed by atoms with Crippen LogP contribution in [0, 0.1) is 0 Å². The number of anilines is 3. The van der Waals surface area contributed by atoms with E-state index in [1.54, 1.807) is 0 Å². The fourth-order valence-electron chi connectivity index (χ4n) is 9.41. The molecule has 0 saturated heterocycles. The van der Waals surface area contributed by atoms with E-state index in [4.69, 9.17) is 0 Å². The second-order valence-electron chi connectivity index (χ2n) is 16.5. The summed E-state index contributed by atoms with van der Waals surface area (Å²) >= 11 is 1.86. The van der Waals surface area contributed by atoms with Crippen molar-refractivity contribution in [1.82, 2.24) is 0 Å². The average molecular weight is 832 g/mol. The van der Waals surface area contributed by atoms with Gasteiger partial charge in [0.15, 0.2) is 0 Å². The summed E-state index contributed by atoms with van der Waals surface area (Å²) in [6.07, 6.45) is 0. The molecule has 0 radical (unpaired) electrons. The largest absolute Gasteiger partial charge is 0.310 e. The number of nitrogens with zero attached hydrogens (tertiary/aromatic N) is 1. The molecule has 0 saturated carbocycles. The molecular formula is C62H41NS. The number of rotatable bonds is 8. The van der Waals surface area contributed by atoms with Gasteiger partial charge in [0.2, 0.25) is 0 Å². The summed E-state index contributed by atoms with van der Waals surface area (Å²) < 4.78 is 2.62. The first-order valence-electron chi connectivity index (χ1n) is 21.9. The van der Waals surface area contributed by atoms with Gasteiger partial charge in [-0.25, -0.2) is 0 Å². The Morgan fingerprint density at radius 2 is 0.750 bits per heavy atom. The molecule has 1 aromatic heterocycles. The first-order valence-corrected chi connectivity index (χ1v) is 22.7. The quantitative estimate of drug-likeness (QED) is 0.147. The van der Waals surface area contributed by atoms with Crippen LogP contribution in [-0.4, -0.2) is 0 Å². The molecule has 12 rings (SSSR count). The Morgan fingerprint density at radius 3 is 1.53 bits per heavy atom. The van der Waals surface area contributed by atoms with Crippen LogP contribution in [0.25, 0.3) is 97.4 Å². The topological polar surface area (TPSA) is 3.24 Å². The first kappa shape index (κ1) is 37.7. The zero-order valence-corrected chi connectivity index (χ0v) is 35.8. The van der Waals surface area contributed by atoms with Crippen LogP contribution in [0.2, 0.25) is 0 Å². The van der Waals surface area contributed by atoms with Crippen LogP contribution in [-0.2, 0) is 0 Å². The van der Waals surface area contributed by atoms with Crippen molar-refractivity contribution in [2.24, 2.45) is 0 Å². The second-order valence-corrected chi connectivity index (χ2v) is 17.6. The van der Waals surface area contributed by atoms with Gasteiger partial charge in [0.25, 0.3) is 0 Å². The summed E-state index contributed by atoms with van der Waals surface area (Å²) in [5.74, 6) is 0. The minimum absolute atomic E-state index is 1.09. The number of thiophene rings is 1. The van der Waals surface area contributed by atoms with E-state index in [0.29, 0.717) is 0 Å². The van der Waals surface area contributed by atoms with Crippen LogP contribution < -0.4 is 4.90 Å². The maximum absolute atomic E-state index is 2.41. The number of benzene rings is 11. The second kappa shape index (κ2) is 16.0. The highest BCUT2D eigenvalue weighted by Crippen LogP contribution is 2.44. The molecule has 12 aromatic rings. The van der Waals surface area contributed by atoms with E-state index in [0.717, 1.165) is 17.1 Å². The van der Waals surface area contributed by atoms with Crippen LogP contribution in [0.5, 0.6) is 0 Å². The molecule has 0 aliphatic rings. The van der Waals surface area contributed by atoms with E-state index >= 15 is 0 Å². The van der Waals surface area contributed by atoms with Crippen LogP contribution in [0.3, 0.4) is 0 Å². The normalized spacial score (nSPS) is 11.4. The predicted molar refractivity (Wildman–Crippen MR) is 276 cm³/mol. The van der Waals surface area contributed by atoms with Gasteiger partial charge in [0.05, 0.1) is 5.69 Å². The highest BCUT2D eigenvalue weighted by Gasteiger charge is 2.19. The fraction of sp³-hybridized carbons (Fsp3) is 0. The molecule has 0 fully saturated rings. The van der Waals surface area contributed by atoms with E-state index in [2.05, 4.69) is 254 Å². The summed E-state index contributed by atoms with van der Waals surface area (Å²) in [6, 6.07) is 91.0. The summed E-state index contributed by atoms with van der Waals surface area (Å²) in [4.78, 5) is 2.41. The van der Waals surface area contributed by atoms with Gasteiger partial charge in [-0.3, -0.25) is 0 Å². The number of para-hydroxylation sites is 1. The maximum Gasteiger partial charge on any atom is 0.0540 e. The van der Waals surface area contributed by atoms with Crippen molar-refractivity contribution in [3.05, 3.63) is 249 Å². The van der Waals surface area contributed by atoms with Crippen LogP contribution in [0.1, 0.15) is 0 Å². The molecule has 0 aliphatic heterocycles. The molecule has 1 heterocycles. The molecule has 0 N–H and O–H groups in total. The van der Waals surface area contributed by atoms with Crippen LogP contribution in [0.4, 0.5) is 17.1 Å². The molecule has 0 amide bonds. The molecule has 64 heavy (non-hydrogen) atoms. The molecule has 1 nitrogen and oxygen atoms in total. The van der Waals surface area contributed by atoms with Gasteiger partial charge in [-0.15, -0.1) is 11.3 Å². The predicted octanol–water partition coefficient (Wildman–Crippen LogP) is 18.2. The summed E-state index contributed by atoms with van der Waals surface area (Å²) in [5, 5.41) is 7.64. The zero-order chi connectivity index (χ0) is 42.4.